The Morgan fingerprint density at radius 3 is 2.67 bits per heavy atom. The molecule has 0 amide bonds. The van der Waals surface area contributed by atoms with Crippen molar-refractivity contribution in [2.45, 2.75) is 12.3 Å². The Morgan fingerprint density at radius 1 is 1.33 bits per heavy atom. The molecule has 2 rings (SSSR count). The minimum atomic E-state index is -4.68. The van der Waals surface area contributed by atoms with E-state index in [4.69, 9.17) is 0 Å². The van der Waals surface area contributed by atoms with Crippen LogP contribution in [0.3, 0.4) is 0 Å². The maximum Gasteiger partial charge on any atom is 0.416 e. The van der Waals surface area contributed by atoms with Gasteiger partial charge in [0.1, 0.15) is 5.82 Å². The average molecular weight is 262 g/mol. The first kappa shape index (κ1) is 12.3. The summed E-state index contributed by atoms with van der Waals surface area (Å²) in [6.07, 6.45) is -5.34. The van der Waals surface area contributed by atoms with Crippen LogP contribution in [0.5, 0.6) is 0 Å². The molecule has 1 unspecified atom stereocenters. The monoisotopic (exact) mass is 262 g/mol. The van der Waals surface area contributed by atoms with E-state index in [2.05, 4.69) is 15.9 Å². The second kappa shape index (κ2) is 4.24. The number of carbonyl (C=O) groups excluding carboxylic acids is 1. The highest BCUT2D eigenvalue weighted by Crippen LogP contribution is 2.33. The molecule has 0 aromatic heterocycles. The molecule has 5 nitrogen and oxygen atoms in total. The van der Waals surface area contributed by atoms with Crippen molar-refractivity contribution in [3.05, 3.63) is 29.6 Å². The van der Waals surface area contributed by atoms with E-state index in [1.54, 1.807) is 0 Å². The Morgan fingerprint density at radius 2 is 2.06 bits per heavy atom. The summed E-state index contributed by atoms with van der Waals surface area (Å²) in [5.74, 6) is -1.08. The van der Waals surface area contributed by atoms with Crippen LogP contribution in [0.15, 0.2) is 28.6 Å². The second-order valence-corrected chi connectivity index (χ2v) is 3.44. The number of nitrogens with zero attached hydrogens (tertiary/aromatic N) is 3. The van der Waals surface area contributed by atoms with Crippen LogP contribution in [-0.2, 0) is 11.0 Å². The van der Waals surface area contributed by atoms with Gasteiger partial charge in [0.05, 0.1) is 11.3 Å². The van der Waals surface area contributed by atoms with Crippen LogP contribution in [0.1, 0.15) is 5.56 Å². The number of anilines is 1. The number of carbonyl (C=O) groups is 1. The number of nitrogens with one attached hydrogen (secondary N) is 1. The van der Waals surface area contributed by atoms with E-state index in [1.807, 2.05) is 0 Å². The fourth-order valence-electron chi connectivity index (χ4n) is 1.41. The fourth-order valence-corrected chi connectivity index (χ4v) is 1.41. The topological polar surface area (TPSA) is 57.1 Å². The van der Waals surface area contributed by atoms with E-state index in [0.717, 1.165) is 11.1 Å². The van der Waals surface area contributed by atoms with E-state index in [0.29, 0.717) is 18.4 Å². The van der Waals surface area contributed by atoms with E-state index in [-0.39, 0.29) is 5.69 Å². The summed E-state index contributed by atoms with van der Waals surface area (Å²) >= 11 is 0. The van der Waals surface area contributed by atoms with Crippen LogP contribution in [0.2, 0.25) is 0 Å². The number of rotatable bonds is 2. The first-order valence-corrected chi connectivity index (χ1v) is 4.70. The van der Waals surface area contributed by atoms with E-state index in [1.165, 1.54) is 0 Å². The summed E-state index contributed by atoms with van der Waals surface area (Å²) in [4.78, 5) is 10.6. The zero-order valence-electron chi connectivity index (χ0n) is 8.65. The van der Waals surface area contributed by atoms with Crippen LogP contribution in [-0.4, -0.2) is 12.5 Å². The third-order valence-corrected chi connectivity index (χ3v) is 2.20. The SMILES string of the molecule is O=CC1NN=NN1c1cc(F)cc(C(F)(F)F)c1. The fraction of sp³-hybridized carbons (Fsp3) is 0.222. The van der Waals surface area contributed by atoms with Crippen molar-refractivity contribution in [2.75, 3.05) is 5.01 Å². The number of aldehydes is 1. The molecule has 1 aliphatic heterocycles. The van der Waals surface area contributed by atoms with Crippen molar-refractivity contribution >= 4 is 12.0 Å². The molecule has 0 spiro atoms. The summed E-state index contributed by atoms with van der Waals surface area (Å²) in [7, 11) is 0. The Bertz CT molecular complexity index is 502. The van der Waals surface area contributed by atoms with Gasteiger partial charge in [-0.1, -0.05) is 5.22 Å². The Kier molecular flexibility index (Phi) is 2.89. The molecule has 0 fully saturated rings. The molecular weight excluding hydrogens is 256 g/mol. The zero-order valence-corrected chi connectivity index (χ0v) is 8.65. The lowest BCUT2D eigenvalue weighted by atomic mass is 10.2. The first-order chi connectivity index (χ1) is 8.41. The summed E-state index contributed by atoms with van der Waals surface area (Å²) in [6, 6.07) is 1.88. The zero-order chi connectivity index (χ0) is 13.3. The van der Waals surface area contributed by atoms with Gasteiger partial charge < -0.3 is 0 Å². The van der Waals surface area contributed by atoms with Gasteiger partial charge in [-0.05, 0) is 23.4 Å². The van der Waals surface area contributed by atoms with Crippen LogP contribution in [0.4, 0.5) is 23.2 Å². The predicted molar refractivity (Wildman–Crippen MR) is 51.7 cm³/mol. The van der Waals surface area contributed by atoms with Crippen molar-refractivity contribution < 1.29 is 22.4 Å². The quantitative estimate of drug-likeness (QED) is 0.655. The summed E-state index contributed by atoms with van der Waals surface area (Å²) in [6.45, 7) is 0. The summed E-state index contributed by atoms with van der Waals surface area (Å²) in [5, 5.41) is 7.54. The lowest BCUT2D eigenvalue weighted by molar-refractivity contribution is -0.137. The van der Waals surface area contributed by atoms with Gasteiger partial charge in [-0.3, -0.25) is 10.2 Å². The molecule has 0 aliphatic carbocycles. The van der Waals surface area contributed by atoms with Gasteiger partial charge in [0, 0.05) is 0 Å². The molecule has 0 bridgehead atoms. The van der Waals surface area contributed by atoms with Crippen LogP contribution >= 0.6 is 0 Å². The Balaban J connectivity index is 2.42. The molecule has 1 aliphatic rings. The van der Waals surface area contributed by atoms with Gasteiger partial charge in [-0.15, -0.1) is 0 Å². The number of alkyl halides is 3. The Labute approximate surface area is 98.0 Å². The van der Waals surface area contributed by atoms with Gasteiger partial charge >= 0.3 is 6.18 Å². The lowest BCUT2D eigenvalue weighted by Crippen LogP contribution is -2.36. The number of halogens is 4. The van der Waals surface area contributed by atoms with E-state index >= 15 is 0 Å². The highest BCUT2D eigenvalue weighted by molar-refractivity contribution is 5.65. The maximum atomic E-state index is 13.1. The van der Waals surface area contributed by atoms with Gasteiger partial charge in [0.15, 0.2) is 12.5 Å². The van der Waals surface area contributed by atoms with Gasteiger partial charge in [0.25, 0.3) is 0 Å². The van der Waals surface area contributed by atoms with Crippen molar-refractivity contribution in [2.24, 2.45) is 10.4 Å². The van der Waals surface area contributed by atoms with Gasteiger partial charge in [0.2, 0.25) is 0 Å². The summed E-state index contributed by atoms with van der Waals surface area (Å²) < 4.78 is 50.6. The van der Waals surface area contributed by atoms with Crippen molar-refractivity contribution in [1.82, 2.24) is 5.43 Å². The van der Waals surface area contributed by atoms with Crippen LogP contribution < -0.4 is 10.4 Å². The summed E-state index contributed by atoms with van der Waals surface area (Å²) in [5.41, 5.74) is 0.868. The molecule has 1 N–H and O–H groups in total. The standard InChI is InChI=1S/C9H6F4N4O/c10-6-1-5(9(11,12)13)2-7(3-6)17-8(4-18)14-15-16-17/h1-4,8H,(H,14,16). The molecule has 1 heterocycles. The molecule has 18 heavy (non-hydrogen) atoms. The molecule has 1 atom stereocenters. The molecule has 0 saturated carbocycles. The van der Waals surface area contributed by atoms with Gasteiger partial charge in [-0.2, -0.15) is 13.2 Å². The molecular formula is C9H6F4N4O. The van der Waals surface area contributed by atoms with Crippen LogP contribution in [0.25, 0.3) is 0 Å². The average Bonchev–Trinajstić information content (AvgIpc) is 2.74. The molecule has 0 radical (unpaired) electrons. The number of benzene rings is 1. The minimum absolute atomic E-state index is 0.215. The van der Waals surface area contributed by atoms with Crippen molar-refractivity contribution in [3.8, 4) is 0 Å². The smallest absolute Gasteiger partial charge is 0.299 e. The third kappa shape index (κ3) is 2.24. The molecule has 9 heteroatoms. The minimum Gasteiger partial charge on any atom is -0.299 e. The Hall–Kier alpha value is -2.19. The second-order valence-electron chi connectivity index (χ2n) is 3.44. The highest BCUT2D eigenvalue weighted by atomic mass is 19.4. The van der Waals surface area contributed by atoms with E-state index in [9.17, 15) is 22.4 Å². The van der Waals surface area contributed by atoms with Gasteiger partial charge in [-0.25, -0.2) is 9.40 Å². The maximum absolute atomic E-state index is 13.1. The third-order valence-electron chi connectivity index (χ3n) is 2.20. The largest absolute Gasteiger partial charge is 0.416 e. The van der Waals surface area contributed by atoms with Crippen LogP contribution in [0, 0.1) is 5.82 Å². The molecule has 1 aromatic carbocycles. The molecule has 96 valence electrons. The van der Waals surface area contributed by atoms with Crippen molar-refractivity contribution in [3.63, 3.8) is 0 Å². The first-order valence-electron chi connectivity index (χ1n) is 4.70. The molecule has 1 aromatic rings. The number of hydrogen-bond acceptors (Lipinski definition) is 5. The molecule has 0 saturated heterocycles. The predicted octanol–water partition coefficient (Wildman–Crippen LogP) is 2.06. The lowest BCUT2D eigenvalue weighted by Gasteiger charge is -2.18. The highest BCUT2D eigenvalue weighted by Gasteiger charge is 2.33. The normalized spacial score (nSPS) is 18.9. The van der Waals surface area contributed by atoms with E-state index < -0.39 is 23.7 Å². The van der Waals surface area contributed by atoms with Crippen molar-refractivity contribution in [1.29, 1.82) is 0 Å². The number of hydrogen-bond donors (Lipinski definition) is 1.